The molecule has 3 rings (SSSR count). The van der Waals surface area contributed by atoms with E-state index in [1.165, 1.54) is 24.2 Å². The maximum atomic E-state index is 13.3. The molecule has 2 N–H and O–H groups in total. The Morgan fingerprint density at radius 3 is 2.42 bits per heavy atom. The van der Waals surface area contributed by atoms with Crippen LogP contribution in [0.25, 0.3) is 0 Å². The smallest absolute Gasteiger partial charge is 0.451 e. The Morgan fingerprint density at radius 2 is 1.81 bits per heavy atom. The molecule has 0 spiro atoms. The lowest BCUT2D eigenvalue weighted by molar-refractivity contribution is -0.139. The van der Waals surface area contributed by atoms with Crippen LogP contribution in [0, 0.1) is 5.92 Å². The number of nitrogens with two attached hydrogens (primary N) is 1. The number of ether oxygens (including phenoxy) is 1. The molecule has 2 aliphatic heterocycles. The van der Waals surface area contributed by atoms with Gasteiger partial charge in [-0.25, -0.2) is 0 Å². The molecular formula is C18H28F3N3O2. The molecule has 3 atom stereocenters. The van der Waals surface area contributed by atoms with E-state index >= 15 is 0 Å². The summed E-state index contributed by atoms with van der Waals surface area (Å²) in [6, 6.07) is -0.150. The summed E-state index contributed by atoms with van der Waals surface area (Å²) in [5, 5.41) is 0. The zero-order chi connectivity index (χ0) is 18.9. The van der Waals surface area contributed by atoms with Crippen LogP contribution in [0.15, 0.2) is 11.5 Å². The number of primary amides is 1. The van der Waals surface area contributed by atoms with Gasteiger partial charge in [0.15, 0.2) is 11.9 Å². The highest BCUT2D eigenvalue weighted by Crippen LogP contribution is 2.42. The van der Waals surface area contributed by atoms with Crippen LogP contribution in [0.2, 0.25) is 0 Å². The molecule has 1 saturated carbocycles. The predicted molar refractivity (Wildman–Crippen MR) is 90.7 cm³/mol. The van der Waals surface area contributed by atoms with Gasteiger partial charge in [0, 0.05) is 12.6 Å². The molecule has 0 radical (unpaired) electrons. The zero-order valence-corrected chi connectivity index (χ0v) is 15.2. The van der Waals surface area contributed by atoms with Crippen LogP contribution in [0.4, 0.5) is 13.2 Å². The number of amides is 1. The topological polar surface area (TPSA) is 58.8 Å². The van der Waals surface area contributed by atoms with Crippen molar-refractivity contribution in [1.29, 1.82) is 0 Å². The fourth-order valence-electron chi connectivity index (χ4n) is 4.70. The molecule has 2 fully saturated rings. The molecule has 3 unspecified atom stereocenters. The SMILES string of the molecule is CC1OC(C(F)(F)F)=C(C(N)=O)N1C1CCCCC1CN1CCCCC1. The average molecular weight is 375 g/mol. The van der Waals surface area contributed by atoms with Gasteiger partial charge in [-0.15, -0.1) is 0 Å². The van der Waals surface area contributed by atoms with Crippen LogP contribution in [-0.4, -0.2) is 53.8 Å². The molecule has 26 heavy (non-hydrogen) atoms. The minimum atomic E-state index is -4.72. The third-order valence-electron chi connectivity index (χ3n) is 5.81. The highest BCUT2D eigenvalue weighted by molar-refractivity contribution is 5.92. The molecule has 1 saturated heterocycles. The van der Waals surface area contributed by atoms with Crippen LogP contribution in [0.1, 0.15) is 51.9 Å². The first kappa shape index (κ1) is 19.3. The summed E-state index contributed by atoms with van der Waals surface area (Å²) in [5.74, 6) is -2.08. The lowest BCUT2D eigenvalue weighted by Gasteiger charge is -2.43. The normalized spacial score (nSPS) is 31.2. The van der Waals surface area contributed by atoms with Gasteiger partial charge in [0.05, 0.1) is 0 Å². The van der Waals surface area contributed by atoms with Crippen molar-refractivity contribution in [2.45, 2.75) is 70.3 Å². The number of hydrogen-bond acceptors (Lipinski definition) is 4. The standard InChI is InChI=1S/C18H28F3N3O2/c1-12-24(15(17(22)25)16(26-12)18(19,20)21)14-8-4-3-7-13(14)11-23-9-5-2-6-10-23/h12-14H,2-11H2,1H3,(H2,22,25). The Balaban J connectivity index is 1.85. The number of carbonyl (C=O) groups excluding carboxylic acids is 1. The number of piperidine rings is 1. The molecular weight excluding hydrogens is 347 g/mol. The minimum absolute atomic E-state index is 0.150. The Morgan fingerprint density at radius 1 is 1.15 bits per heavy atom. The Bertz CT molecular complexity index is 558. The van der Waals surface area contributed by atoms with Crippen LogP contribution < -0.4 is 5.73 Å². The van der Waals surface area contributed by atoms with E-state index in [1.807, 2.05) is 0 Å². The van der Waals surface area contributed by atoms with E-state index in [9.17, 15) is 18.0 Å². The summed E-state index contributed by atoms with van der Waals surface area (Å²) < 4.78 is 45.1. The first-order valence-corrected chi connectivity index (χ1v) is 9.57. The number of halogens is 3. The van der Waals surface area contributed by atoms with E-state index < -0.39 is 29.8 Å². The molecule has 5 nitrogen and oxygen atoms in total. The number of alkyl halides is 3. The third-order valence-corrected chi connectivity index (χ3v) is 5.81. The van der Waals surface area contributed by atoms with Gasteiger partial charge in [0.1, 0.15) is 0 Å². The Labute approximate surface area is 152 Å². The maximum absolute atomic E-state index is 13.3. The largest absolute Gasteiger partial charge is 0.464 e. The van der Waals surface area contributed by atoms with Crippen molar-refractivity contribution in [2.24, 2.45) is 11.7 Å². The van der Waals surface area contributed by atoms with E-state index in [1.54, 1.807) is 6.92 Å². The number of likely N-dealkylation sites (tertiary alicyclic amines) is 1. The molecule has 148 valence electrons. The van der Waals surface area contributed by atoms with Gasteiger partial charge in [-0.05, 0) is 51.6 Å². The van der Waals surface area contributed by atoms with Crippen molar-refractivity contribution < 1.29 is 22.7 Å². The number of nitrogens with zero attached hydrogens (tertiary/aromatic N) is 2. The quantitative estimate of drug-likeness (QED) is 0.821. The van der Waals surface area contributed by atoms with Crippen LogP contribution in [0.3, 0.4) is 0 Å². The third kappa shape index (κ3) is 3.94. The fourth-order valence-corrected chi connectivity index (χ4v) is 4.70. The van der Waals surface area contributed by atoms with Crippen molar-refractivity contribution in [3.8, 4) is 0 Å². The number of carbonyl (C=O) groups is 1. The summed E-state index contributed by atoms with van der Waals surface area (Å²) in [6.45, 7) is 4.51. The van der Waals surface area contributed by atoms with E-state index in [0.717, 1.165) is 45.3 Å². The number of allylic oxidation sites excluding steroid dienone is 1. The van der Waals surface area contributed by atoms with Gasteiger partial charge in [-0.1, -0.05) is 19.3 Å². The van der Waals surface area contributed by atoms with Crippen molar-refractivity contribution in [3.63, 3.8) is 0 Å². The monoisotopic (exact) mass is 375 g/mol. The van der Waals surface area contributed by atoms with Gasteiger partial charge in [-0.3, -0.25) is 4.79 Å². The molecule has 3 aliphatic rings. The van der Waals surface area contributed by atoms with Crippen molar-refractivity contribution in [3.05, 3.63) is 11.5 Å². The molecule has 0 aromatic carbocycles. The van der Waals surface area contributed by atoms with Gasteiger partial charge in [-0.2, -0.15) is 13.2 Å². The van der Waals surface area contributed by atoms with E-state index in [2.05, 4.69) is 4.90 Å². The summed E-state index contributed by atoms with van der Waals surface area (Å²) in [6.07, 6.45) is 1.76. The summed E-state index contributed by atoms with van der Waals surface area (Å²) in [5.41, 5.74) is 4.85. The molecule has 0 aromatic heterocycles. The predicted octanol–water partition coefficient (Wildman–Crippen LogP) is 2.97. The average Bonchev–Trinajstić information content (AvgIpc) is 2.94. The van der Waals surface area contributed by atoms with Crippen molar-refractivity contribution >= 4 is 5.91 Å². The Hall–Kier alpha value is -1.44. The van der Waals surface area contributed by atoms with Gasteiger partial charge in [0.25, 0.3) is 5.91 Å². The summed E-state index contributed by atoms with van der Waals surface area (Å²) >= 11 is 0. The highest BCUT2D eigenvalue weighted by Gasteiger charge is 2.51. The van der Waals surface area contributed by atoms with Gasteiger partial charge < -0.3 is 20.3 Å². The van der Waals surface area contributed by atoms with Crippen molar-refractivity contribution in [1.82, 2.24) is 9.80 Å². The number of hydrogen-bond donors (Lipinski definition) is 1. The zero-order valence-electron chi connectivity index (χ0n) is 15.2. The van der Waals surface area contributed by atoms with Crippen LogP contribution >= 0.6 is 0 Å². The highest BCUT2D eigenvalue weighted by atomic mass is 19.4. The van der Waals surface area contributed by atoms with E-state index in [0.29, 0.717) is 0 Å². The second kappa shape index (κ2) is 7.66. The molecule has 1 amide bonds. The second-order valence-corrected chi connectivity index (χ2v) is 7.64. The minimum Gasteiger partial charge on any atom is -0.464 e. The van der Waals surface area contributed by atoms with Crippen molar-refractivity contribution in [2.75, 3.05) is 19.6 Å². The van der Waals surface area contributed by atoms with Gasteiger partial charge in [0.2, 0.25) is 5.76 Å². The number of rotatable bonds is 4. The van der Waals surface area contributed by atoms with E-state index in [4.69, 9.17) is 10.5 Å². The molecule has 0 bridgehead atoms. The molecule has 1 aliphatic carbocycles. The summed E-state index contributed by atoms with van der Waals surface area (Å²) in [7, 11) is 0. The first-order chi connectivity index (χ1) is 12.3. The maximum Gasteiger partial charge on any atom is 0.451 e. The second-order valence-electron chi connectivity index (χ2n) is 7.64. The lowest BCUT2D eigenvalue weighted by Crippen LogP contribution is -2.50. The lowest BCUT2D eigenvalue weighted by atomic mass is 9.82. The molecule has 0 aromatic rings. The fraction of sp³-hybridized carbons (Fsp3) is 0.833. The Kier molecular flexibility index (Phi) is 5.69. The van der Waals surface area contributed by atoms with Crippen LogP contribution in [-0.2, 0) is 9.53 Å². The first-order valence-electron chi connectivity index (χ1n) is 9.57. The summed E-state index contributed by atoms with van der Waals surface area (Å²) in [4.78, 5) is 15.8. The molecule has 2 heterocycles. The molecule has 8 heteroatoms. The van der Waals surface area contributed by atoms with Gasteiger partial charge >= 0.3 is 6.18 Å². The van der Waals surface area contributed by atoms with E-state index in [-0.39, 0.29) is 12.0 Å². The van der Waals surface area contributed by atoms with Crippen LogP contribution in [0.5, 0.6) is 0 Å².